The Hall–Kier alpha value is -0.570. The zero-order valence-electron chi connectivity index (χ0n) is 6.60. The molecule has 1 spiro atoms. The average Bonchev–Trinajstić information content (AvgIpc) is 2.66. The van der Waals surface area contributed by atoms with Crippen molar-refractivity contribution in [3.05, 3.63) is 0 Å². The third-order valence-electron chi connectivity index (χ3n) is 3.04. The summed E-state index contributed by atoms with van der Waals surface area (Å²) in [5.74, 6) is 0.0731. The molecule has 2 aliphatic rings. The maximum Gasteiger partial charge on any atom is 0.221 e. The predicted molar refractivity (Wildman–Crippen MR) is 41.8 cm³/mol. The van der Waals surface area contributed by atoms with Gasteiger partial charge in [0.15, 0.2) is 0 Å². The molecule has 1 heterocycles. The Kier molecular flexibility index (Phi) is 1.42. The molecule has 2 atom stereocenters. The van der Waals surface area contributed by atoms with Crippen LogP contribution in [0.1, 0.15) is 19.3 Å². The minimum absolute atomic E-state index is 0.103. The molecular weight excluding hydrogens is 140 g/mol. The van der Waals surface area contributed by atoms with E-state index in [1.807, 2.05) is 0 Å². The highest BCUT2D eigenvalue weighted by atomic mass is 16.1. The molecule has 2 unspecified atom stereocenters. The number of hydrogen-bond acceptors (Lipinski definition) is 2. The number of primary amides is 1. The number of rotatable bonds is 1. The monoisotopic (exact) mass is 154 g/mol. The van der Waals surface area contributed by atoms with E-state index in [9.17, 15) is 4.79 Å². The van der Waals surface area contributed by atoms with Crippen LogP contribution in [0.4, 0.5) is 0 Å². The summed E-state index contributed by atoms with van der Waals surface area (Å²) in [6, 6.07) is 0. The quantitative estimate of drug-likeness (QED) is 0.552. The van der Waals surface area contributed by atoms with E-state index >= 15 is 0 Å². The fraction of sp³-hybridized carbons (Fsp3) is 0.875. The van der Waals surface area contributed by atoms with Crippen LogP contribution >= 0.6 is 0 Å². The van der Waals surface area contributed by atoms with Crippen LogP contribution in [-0.2, 0) is 4.79 Å². The molecule has 0 aromatic carbocycles. The van der Waals surface area contributed by atoms with Gasteiger partial charge in [0.05, 0.1) is 0 Å². The molecule has 1 saturated carbocycles. The third-order valence-corrected chi connectivity index (χ3v) is 3.04. The van der Waals surface area contributed by atoms with Gasteiger partial charge < -0.3 is 11.1 Å². The van der Waals surface area contributed by atoms with Crippen molar-refractivity contribution < 1.29 is 4.79 Å². The van der Waals surface area contributed by atoms with Gasteiger partial charge in [-0.15, -0.1) is 0 Å². The lowest BCUT2D eigenvalue weighted by Gasteiger charge is -2.22. The van der Waals surface area contributed by atoms with Crippen LogP contribution in [0.15, 0.2) is 0 Å². The lowest BCUT2D eigenvalue weighted by Crippen LogP contribution is -2.34. The summed E-state index contributed by atoms with van der Waals surface area (Å²) in [5, 5.41) is 3.31. The maximum atomic E-state index is 10.8. The van der Waals surface area contributed by atoms with Gasteiger partial charge in [0.1, 0.15) is 0 Å². The molecule has 0 radical (unpaired) electrons. The fourth-order valence-corrected chi connectivity index (χ4v) is 2.21. The van der Waals surface area contributed by atoms with Crippen LogP contribution in [0, 0.1) is 11.3 Å². The van der Waals surface area contributed by atoms with Gasteiger partial charge in [-0.1, -0.05) is 0 Å². The fourth-order valence-electron chi connectivity index (χ4n) is 2.21. The third kappa shape index (κ3) is 1.03. The second kappa shape index (κ2) is 2.21. The van der Waals surface area contributed by atoms with Crippen molar-refractivity contribution in [2.75, 3.05) is 13.1 Å². The molecule has 0 aromatic rings. The van der Waals surface area contributed by atoms with Crippen molar-refractivity contribution in [2.45, 2.75) is 19.3 Å². The highest BCUT2D eigenvalue weighted by Gasteiger charge is 2.57. The summed E-state index contributed by atoms with van der Waals surface area (Å²) in [4.78, 5) is 10.8. The zero-order chi connectivity index (χ0) is 7.90. The van der Waals surface area contributed by atoms with E-state index in [0.29, 0.717) is 0 Å². The number of nitrogens with two attached hydrogens (primary N) is 1. The van der Waals surface area contributed by atoms with Crippen LogP contribution in [-0.4, -0.2) is 19.0 Å². The van der Waals surface area contributed by atoms with Crippen molar-refractivity contribution in [3.63, 3.8) is 0 Å². The Bertz CT molecular complexity index is 185. The number of amides is 1. The highest BCUT2D eigenvalue weighted by Crippen LogP contribution is 2.56. The second-order valence-electron chi connectivity index (χ2n) is 3.80. The first kappa shape index (κ1) is 7.10. The summed E-state index contributed by atoms with van der Waals surface area (Å²) in [7, 11) is 0. The van der Waals surface area contributed by atoms with Gasteiger partial charge in [0.2, 0.25) is 5.91 Å². The molecule has 3 N–H and O–H groups in total. The predicted octanol–water partition coefficient (Wildman–Crippen LogP) is -0.139. The lowest BCUT2D eigenvalue weighted by molar-refractivity contribution is -0.120. The van der Waals surface area contributed by atoms with Crippen molar-refractivity contribution in [1.29, 1.82) is 0 Å². The van der Waals surface area contributed by atoms with E-state index in [1.54, 1.807) is 0 Å². The molecule has 1 amide bonds. The molecule has 3 heteroatoms. The van der Waals surface area contributed by atoms with E-state index < -0.39 is 0 Å². The van der Waals surface area contributed by atoms with Gasteiger partial charge >= 0.3 is 0 Å². The second-order valence-corrected chi connectivity index (χ2v) is 3.80. The molecule has 1 aliphatic heterocycles. The summed E-state index contributed by atoms with van der Waals surface area (Å²) < 4.78 is 0. The maximum absolute atomic E-state index is 10.8. The first-order valence-corrected chi connectivity index (χ1v) is 4.25. The number of nitrogens with one attached hydrogen (secondary N) is 1. The summed E-state index contributed by atoms with van der Waals surface area (Å²) in [5.41, 5.74) is 5.52. The molecule has 1 saturated heterocycles. The van der Waals surface area contributed by atoms with E-state index in [0.717, 1.165) is 19.5 Å². The van der Waals surface area contributed by atoms with Crippen LogP contribution in [0.3, 0.4) is 0 Å². The Balaban J connectivity index is 1.99. The number of carbonyl (C=O) groups excluding carboxylic acids is 1. The Morgan fingerprint density at radius 3 is 2.91 bits per heavy atom. The van der Waals surface area contributed by atoms with E-state index in [-0.39, 0.29) is 17.2 Å². The summed E-state index contributed by atoms with van der Waals surface area (Å²) >= 11 is 0. The summed E-state index contributed by atoms with van der Waals surface area (Å²) in [6.07, 6.45) is 3.41. The Labute approximate surface area is 66.3 Å². The highest BCUT2D eigenvalue weighted by molar-refractivity contribution is 5.80. The minimum atomic E-state index is -0.103. The molecule has 2 rings (SSSR count). The van der Waals surface area contributed by atoms with Gasteiger partial charge in [-0.05, 0) is 31.2 Å². The topological polar surface area (TPSA) is 55.1 Å². The normalized spacial score (nSPS) is 42.4. The van der Waals surface area contributed by atoms with Gasteiger partial charge in [-0.25, -0.2) is 0 Å². The first-order chi connectivity index (χ1) is 5.25. The van der Waals surface area contributed by atoms with Crippen LogP contribution in [0.5, 0.6) is 0 Å². The standard InChI is InChI=1S/C8H14N2O/c9-7(11)6-4-8(6)2-1-3-10-5-8/h6,10H,1-5H2,(H2,9,11). The minimum Gasteiger partial charge on any atom is -0.369 e. The molecule has 0 bridgehead atoms. The molecule has 62 valence electrons. The van der Waals surface area contributed by atoms with E-state index in [2.05, 4.69) is 5.32 Å². The Morgan fingerprint density at radius 1 is 1.64 bits per heavy atom. The van der Waals surface area contributed by atoms with Crippen molar-refractivity contribution in [2.24, 2.45) is 17.1 Å². The zero-order valence-corrected chi connectivity index (χ0v) is 6.60. The summed E-state index contributed by atoms with van der Waals surface area (Å²) in [6.45, 7) is 2.10. The lowest BCUT2D eigenvalue weighted by atomic mass is 9.93. The van der Waals surface area contributed by atoms with Crippen molar-refractivity contribution in [3.8, 4) is 0 Å². The van der Waals surface area contributed by atoms with Crippen molar-refractivity contribution >= 4 is 5.91 Å². The first-order valence-electron chi connectivity index (χ1n) is 4.25. The molecular formula is C8H14N2O. The molecule has 2 fully saturated rings. The van der Waals surface area contributed by atoms with Crippen LogP contribution in [0.2, 0.25) is 0 Å². The molecule has 1 aliphatic carbocycles. The number of carbonyl (C=O) groups is 1. The molecule has 11 heavy (non-hydrogen) atoms. The SMILES string of the molecule is NC(=O)C1CC12CCCNC2. The molecule has 3 nitrogen and oxygen atoms in total. The number of hydrogen-bond donors (Lipinski definition) is 2. The smallest absolute Gasteiger partial charge is 0.221 e. The van der Waals surface area contributed by atoms with Gasteiger partial charge in [-0.2, -0.15) is 0 Å². The van der Waals surface area contributed by atoms with Crippen molar-refractivity contribution in [1.82, 2.24) is 5.32 Å². The average molecular weight is 154 g/mol. The largest absolute Gasteiger partial charge is 0.369 e. The van der Waals surface area contributed by atoms with E-state index in [1.165, 1.54) is 12.8 Å². The van der Waals surface area contributed by atoms with Crippen LogP contribution in [0.25, 0.3) is 0 Å². The number of piperidine rings is 1. The van der Waals surface area contributed by atoms with Gasteiger partial charge in [-0.3, -0.25) is 4.79 Å². The van der Waals surface area contributed by atoms with Gasteiger partial charge in [0, 0.05) is 12.5 Å². The van der Waals surface area contributed by atoms with Crippen LogP contribution < -0.4 is 11.1 Å². The van der Waals surface area contributed by atoms with E-state index in [4.69, 9.17) is 5.73 Å². The van der Waals surface area contributed by atoms with Gasteiger partial charge in [0.25, 0.3) is 0 Å². The Morgan fingerprint density at radius 2 is 2.45 bits per heavy atom. The molecule has 0 aromatic heterocycles.